The first-order valence-electron chi connectivity index (χ1n) is 4.25. The van der Waals surface area contributed by atoms with Crippen LogP contribution in [0.15, 0.2) is 18.6 Å². The number of carbonyl (C=O) groups is 1. The summed E-state index contributed by atoms with van der Waals surface area (Å²) in [5.74, 6) is 0.348. The molecular weight excluding hydrogens is 180 g/mol. The third-order valence-electron chi connectivity index (χ3n) is 1.91. The molecule has 0 aliphatic carbocycles. The van der Waals surface area contributed by atoms with Crippen LogP contribution < -0.4 is 5.73 Å². The SMILES string of the molecule is Cc1cnc2nc(C(=O)CN)cn2c1. The zero-order valence-electron chi connectivity index (χ0n) is 7.77. The molecule has 0 saturated heterocycles. The summed E-state index contributed by atoms with van der Waals surface area (Å²) in [6, 6.07) is 0. The minimum atomic E-state index is -0.173. The lowest BCUT2D eigenvalue weighted by atomic mass is 10.3. The van der Waals surface area contributed by atoms with Crippen LogP contribution in [0.3, 0.4) is 0 Å². The number of aryl methyl sites for hydroxylation is 1. The molecule has 0 aromatic carbocycles. The summed E-state index contributed by atoms with van der Waals surface area (Å²) in [6.07, 6.45) is 5.21. The molecule has 0 aliphatic rings. The summed E-state index contributed by atoms with van der Waals surface area (Å²) >= 11 is 0. The van der Waals surface area contributed by atoms with Crippen LogP contribution in [0.25, 0.3) is 5.78 Å². The van der Waals surface area contributed by atoms with Crippen molar-refractivity contribution in [3.63, 3.8) is 0 Å². The number of fused-ring (bicyclic) bond motifs is 1. The topological polar surface area (TPSA) is 73.3 Å². The molecule has 0 saturated carbocycles. The fourth-order valence-electron chi connectivity index (χ4n) is 1.23. The Morgan fingerprint density at radius 3 is 3.07 bits per heavy atom. The van der Waals surface area contributed by atoms with Crippen molar-refractivity contribution in [2.45, 2.75) is 6.92 Å². The maximum atomic E-state index is 11.2. The van der Waals surface area contributed by atoms with Crippen LogP contribution in [-0.2, 0) is 0 Å². The van der Waals surface area contributed by atoms with Gasteiger partial charge in [-0.1, -0.05) is 0 Å². The van der Waals surface area contributed by atoms with Gasteiger partial charge in [-0.25, -0.2) is 9.97 Å². The van der Waals surface area contributed by atoms with Crippen molar-refractivity contribution in [3.05, 3.63) is 29.8 Å². The third kappa shape index (κ3) is 1.38. The highest BCUT2D eigenvalue weighted by Gasteiger charge is 2.08. The monoisotopic (exact) mass is 190 g/mol. The van der Waals surface area contributed by atoms with Gasteiger partial charge in [0.15, 0.2) is 5.78 Å². The van der Waals surface area contributed by atoms with Crippen molar-refractivity contribution in [1.29, 1.82) is 0 Å². The highest BCUT2D eigenvalue weighted by atomic mass is 16.1. The Hall–Kier alpha value is -1.75. The van der Waals surface area contributed by atoms with E-state index in [9.17, 15) is 4.79 Å². The maximum Gasteiger partial charge on any atom is 0.234 e. The first-order valence-corrected chi connectivity index (χ1v) is 4.25. The fraction of sp³-hybridized carbons (Fsp3) is 0.222. The second-order valence-corrected chi connectivity index (χ2v) is 3.09. The number of hydrogen-bond donors (Lipinski definition) is 1. The molecule has 0 aliphatic heterocycles. The van der Waals surface area contributed by atoms with Crippen molar-refractivity contribution in [2.24, 2.45) is 5.73 Å². The van der Waals surface area contributed by atoms with Gasteiger partial charge in [0.25, 0.3) is 0 Å². The van der Waals surface area contributed by atoms with Crippen LogP contribution in [-0.4, -0.2) is 26.7 Å². The van der Waals surface area contributed by atoms with E-state index < -0.39 is 0 Å². The lowest BCUT2D eigenvalue weighted by molar-refractivity contribution is 0.0997. The molecule has 2 rings (SSSR count). The van der Waals surface area contributed by atoms with Gasteiger partial charge in [-0.15, -0.1) is 0 Å². The van der Waals surface area contributed by atoms with Gasteiger partial charge in [-0.2, -0.15) is 0 Å². The third-order valence-corrected chi connectivity index (χ3v) is 1.91. The van der Waals surface area contributed by atoms with Gasteiger partial charge in [0.2, 0.25) is 5.78 Å². The minimum absolute atomic E-state index is 0.0249. The molecule has 2 heterocycles. The van der Waals surface area contributed by atoms with Crippen LogP contribution in [0.5, 0.6) is 0 Å². The van der Waals surface area contributed by atoms with Gasteiger partial charge < -0.3 is 5.73 Å². The van der Waals surface area contributed by atoms with Gasteiger partial charge in [-0.3, -0.25) is 9.20 Å². The molecule has 5 heteroatoms. The van der Waals surface area contributed by atoms with E-state index in [0.717, 1.165) is 5.56 Å². The fourth-order valence-corrected chi connectivity index (χ4v) is 1.23. The predicted molar refractivity (Wildman–Crippen MR) is 51.1 cm³/mol. The Kier molecular flexibility index (Phi) is 2.01. The van der Waals surface area contributed by atoms with Crippen LogP contribution >= 0.6 is 0 Å². The average molecular weight is 190 g/mol. The zero-order chi connectivity index (χ0) is 10.1. The first-order chi connectivity index (χ1) is 6.70. The van der Waals surface area contributed by atoms with Crippen LogP contribution in [0, 0.1) is 6.92 Å². The van der Waals surface area contributed by atoms with Crippen molar-refractivity contribution in [1.82, 2.24) is 14.4 Å². The Morgan fingerprint density at radius 1 is 1.57 bits per heavy atom. The summed E-state index contributed by atoms with van der Waals surface area (Å²) in [4.78, 5) is 19.4. The number of nitrogens with zero attached hydrogens (tertiary/aromatic N) is 3. The molecule has 14 heavy (non-hydrogen) atoms. The Labute approximate surface area is 80.6 Å². The molecule has 0 unspecified atom stereocenters. The number of aromatic nitrogens is 3. The van der Waals surface area contributed by atoms with Crippen LogP contribution in [0.2, 0.25) is 0 Å². The maximum absolute atomic E-state index is 11.2. The Morgan fingerprint density at radius 2 is 2.36 bits per heavy atom. The number of ketones is 1. The predicted octanol–water partition coefficient (Wildman–Crippen LogP) is 0.179. The minimum Gasteiger partial charge on any atom is -0.324 e. The van der Waals surface area contributed by atoms with E-state index in [-0.39, 0.29) is 12.3 Å². The van der Waals surface area contributed by atoms with Crippen molar-refractivity contribution in [2.75, 3.05) is 6.54 Å². The van der Waals surface area contributed by atoms with E-state index in [4.69, 9.17) is 5.73 Å². The number of carbonyl (C=O) groups excluding carboxylic acids is 1. The molecule has 5 nitrogen and oxygen atoms in total. The molecule has 0 radical (unpaired) electrons. The van der Waals surface area contributed by atoms with E-state index in [1.165, 1.54) is 0 Å². The summed E-state index contributed by atoms with van der Waals surface area (Å²) in [5, 5.41) is 0. The van der Waals surface area contributed by atoms with E-state index >= 15 is 0 Å². The van der Waals surface area contributed by atoms with Gasteiger partial charge >= 0.3 is 0 Å². The number of hydrogen-bond acceptors (Lipinski definition) is 4. The second-order valence-electron chi connectivity index (χ2n) is 3.09. The van der Waals surface area contributed by atoms with E-state index in [2.05, 4.69) is 9.97 Å². The lowest BCUT2D eigenvalue weighted by Crippen LogP contribution is -2.13. The number of Topliss-reactive ketones (excluding diaryl/α,β-unsaturated/α-hetero) is 1. The Bertz CT molecular complexity index is 489. The largest absolute Gasteiger partial charge is 0.324 e. The Balaban J connectivity index is 2.56. The van der Waals surface area contributed by atoms with Crippen molar-refractivity contribution >= 4 is 11.6 Å². The summed E-state index contributed by atoms with van der Waals surface area (Å²) in [6.45, 7) is 1.90. The summed E-state index contributed by atoms with van der Waals surface area (Å²) in [7, 11) is 0. The molecule has 2 aromatic heterocycles. The molecule has 0 bridgehead atoms. The summed E-state index contributed by atoms with van der Waals surface area (Å²) < 4.78 is 1.72. The van der Waals surface area contributed by atoms with E-state index in [0.29, 0.717) is 11.5 Å². The number of imidazole rings is 1. The van der Waals surface area contributed by atoms with Crippen molar-refractivity contribution in [3.8, 4) is 0 Å². The normalized spacial score (nSPS) is 10.7. The van der Waals surface area contributed by atoms with Crippen LogP contribution in [0.1, 0.15) is 16.1 Å². The highest BCUT2D eigenvalue weighted by molar-refractivity contribution is 5.96. The second kappa shape index (κ2) is 3.19. The van der Waals surface area contributed by atoms with Crippen LogP contribution in [0.4, 0.5) is 0 Å². The molecule has 0 atom stereocenters. The first kappa shape index (κ1) is 8.83. The molecule has 0 fully saturated rings. The smallest absolute Gasteiger partial charge is 0.234 e. The zero-order valence-corrected chi connectivity index (χ0v) is 7.77. The van der Waals surface area contributed by atoms with Gasteiger partial charge in [0.05, 0.1) is 6.54 Å². The molecule has 2 N–H and O–H groups in total. The number of nitrogens with two attached hydrogens (primary N) is 1. The average Bonchev–Trinajstić information content (AvgIpc) is 2.59. The van der Waals surface area contributed by atoms with Gasteiger partial charge in [0.1, 0.15) is 5.69 Å². The van der Waals surface area contributed by atoms with Gasteiger partial charge in [-0.05, 0) is 12.5 Å². The highest BCUT2D eigenvalue weighted by Crippen LogP contribution is 2.04. The lowest BCUT2D eigenvalue weighted by Gasteiger charge is -1.91. The molecule has 2 aromatic rings. The molecule has 72 valence electrons. The molecule has 0 amide bonds. The quantitative estimate of drug-likeness (QED) is 0.685. The molecule has 0 spiro atoms. The standard InChI is InChI=1S/C9H10N4O/c1-6-3-11-9-12-7(8(14)2-10)5-13(9)4-6/h3-5H,2,10H2,1H3. The number of rotatable bonds is 2. The summed E-state index contributed by atoms with van der Waals surface area (Å²) in [5.41, 5.74) is 6.62. The van der Waals surface area contributed by atoms with Gasteiger partial charge in [0, 0.05) is 18.6 Å². The molecular formula is C9H10N4O. The van der Waals surface area contributed by atoms with E-state index in [1.54, 1.807) is 16.8 Å². The van der Waals surface area contributed by atoms with Crippen molar-refractivity contribution < 1.29 is 4.79 Å². The van der Waals surface area contributed by atoms with E-state index in [1.807, 2.05) is 13.1 Å².